The van der Waals surface area contributed by atoms with Gasteiger partial charge in [0.15, 0.2) is 0 Å². The van der Waals surface area contributed by atoms with Crippen molar-refractivity contribution < 1.29 is 18.1 Å². The predicted octanol–water partition coefficient (Wildman–Crippen LogP) is 1.51. The van der Waals surface area contributed by atoms with Gasteiger partial charge in [-0.3, -0.25) is 19.8 Å². The number of hydrogen-bond acceptors (Lipinski definition) is 7. The number of likely N-dealkylation sites (tertiary alicyclic amines) is 1. The van der Waals surface area contributed by atoms with Gasteiger partial charge in [0.2, 0.25) is 15.9 Å². The van der Waals surface area contributed by atoms with Gasteiger partial charge in [0, 0.05) is 58.4 Å². The van der Waals surface area contributed by atoms with Gasteiger partial charge in [-0.25, -0.2) is 8.42 Å². The van der Waals surface area contributed by atoms with E-state index in [-0.39, 0.29) is 16.5 Å². The van der Waals surface area contributed by atoms with E-state index in [1.165, 1.54) is 16.4 Å². The molecular weight excluding hydrogens is 434 g/mol. The molecule has 1 aromatic rings. The van der Waals surface area contributed by atoms with Crippen LogP contribution in [0.5, 0.6) is 0 Å². The lowest BCUT2D eigenvalue weighted by Gasteiger charge is -2.36. The Balaban J connectivity index is 1.44. The summed E-state index contributed by atoms with van der Waals surface area (Å²) in [7, 11) is -3.74. The summed E-state index contributed by atoms with van der Waals surface area (Å²) < 4.78 is 27.3. The van der Waals surface area contributed by atoms with Crippen LogP contribution in [0.4, 0.5) is 11.4 Å². The lowest BCUT2D eigenvalue weighted by Crippen LogP contribution is -2.50. The van der Waals surface area contributed by atoms with Crippen molar-refractivity contribution in [3.63, 3.8) is 0 Å². The molecule has 0 saturated carbocycles. The Morgan fingerprint density at radius 1 is 0.906 bits per heavy atom. The van der Waals surface area contributed by atoms with Crippen molar-refractivity contribution in [2.24, 2.45) is 0 Å². The van der Waals surface area contributed by atoms with Crippen molar-refractivity contribution in [1.82, 2.24) is 14.1 Å². The van der Waals surface area contributed by atoms with E-state index in [4.69, 9.17) is 0 Å². The first-order valence-corrected chi connectivity index (χ1v) is 12.8. The van der Waals surface area contributed by atoms with Gasteiger partial charge in [-0.15, -0.1) is 0 Å². The highest BCUT2D eigenvalue weighted by Crippen LogP contribution is 2.33. The van der Waals surface area contributed by atoms with Crippen molar-refractivity contribution in [3.05, 3.63) is 28.3 Å². The number of anilines is 1. The van der Waals surface area contributed by atoms with Crippen LogP contribution in [0.25, 0.3) is 0 Å². The van der Waals surface area contributed by atoms with Gasteiger partial charge in [-0.05, 0) is 37.8 Å². The fraction of sp³-hybridized carbons (Fsp3) is 0.667. The molecule has 10 nitrogen and oxygen atoms in total. The fourth-order valence-corrected chi connectivity index (χ4v) is 6.27. The molecule has 4 rings (SSSR count). The SMILES string of the molecule is O=C(CN1CCN(c2ccc(S(=O)(=O)N3CCCCC3)cc2[N+](=O)[O-])CC1)N1CCCC1. The highest BCUT2D eigenvalue weighted by Gasteiger charge is 2.31. The van der Waals surface area contributed by atoms with Crippen LogP contribution in [0.3, 0.4) is 0 Å². The van der Waals surface area contributed by atoms with Gasteiger partial charge in [0.1, 0.15) is 5.69 Å². The number of piperazine rings is 1. The first-order valence-electron chi connectivity index (χ1n) is 11.4. The Kier molecular flexibility index (Phi) is 6.96. The van der Waals surface area contributed by atoms with Crippen molar-refractivity contribution in [1.29, 1.82) is 0 Å². The van der Waals surface area contributed by atoms with Crippen LogP contribution in [0.15, 0.2) is 23.1 Å². The standard InChI is InChI=1S/C21H31N5O5S/c27-21(24-8-4-5-9-24)17-22-12-14-23(15-13-22)19-7-6-18(16-20(19)26(28)29)32(30,31)25-10-2-1-3-11-25/h6-7,16H,1-5,8-15,17H2. The van der Waals surface area contributed by atoms with E-state index in [1.807, 2.05) is 9.80 Å². The first-order chi connectivity index (χ1) is 15.4. The molecular formula is C21H31N5O5S. The van der Waals surface area contributed by atoms with Gasteiger partial charge in [-0.2, -0.15) is 4.31 Å². The molecule has 0 bridgehead atoms. The molecule has 0 N–H and O–H groups in total. The lowest BCUT2D eigenvalue weighted by molar-refractivity contribution is -0.384. The third kappa shape index (κ3) is 4.89. The molecule has 0 unspecified atom stereocenters. The van der Waals surface area contributed by atoms with E-state index < -0.39 is 14.9 Å². The van der Waals surface area contributed by atoms with E-state index in [1.54, 1.807) is 6.07 Å². The van der Waals surface area contributed by atoms with Crippen LogP contribution in [0.1, 0.15) is 32.1 Å². The third-order valence-corrected chi connectivity index (χ3v) is 8.52. The smallest absolute Gasteiger partial charge is 0.293 e. The predicted molar refractivity (Wildman–Crippen MR) is 120 cm³/mol. The molecule has 0 aromatic heterocycles. The van der Waals surface area contributed by atoms with Crippen molar-refractivity contribution in [2.75, 3.05) is 63.8 Å². The second kappa shape index (κ2) is 9.72. The summed E-state index contributed by atoms with van der Waals surface area (Å²) in [5.74, 6) is 0.147. The minimum absolute atomic E-state index is 0.0234. The fourth-order valence-electron chi connectivity index (χ4n) is 4.74. The maximum absolute atomic E-state index is 13.0. The number of hydrogen-bond donors (Lipinski definition) is 0. The summed E-state index contributed by atoms with van der Waals surface area (Å²) in [4.78, 5) is 29.5. The van der Waals surface area contributed by atoms with Crippen molar-refractivity contribution in [3.8, 4) is 0 Å². The number of amides is 1. The van der Waals surface area contributed by atoms with E-state index >= 15 is 0 Å². The van der Waals surface area contributed by atoms with Gasteiger partial charge in [0.25, 0.3) is 5.69 Å². The summed E-state index contributed by atoms with van der Waals surface area (Å²) in [6.45, 7) is 5.30. The molecule has 176 valence electrons. The summed E-state index contributed by atoms with van der Waals surface area (Å²) in [5, 5.41) is 11.8. The van der Waals surface area contributed by atoms with Crippen LogP contribution in [-0.4, -0.2) is 92.3 Å². The molecule has 0 atom stereocenters. The minimum Gasteiger partial charge on any atom is -0.363 e. The number of piperidine rings is 1. The normalized spacial score (nSPS) is 21.1. The Morgan fingerprint density at radius 2 is 1.53 bits per heavy atom. The monoisotopic (exact) mass is 465 g/mol. The van der Waals surface area contributed by atoms with Gasteiger partial charge < -0.3 is 9.80 Å². The second-order valence-electron chi connectivity index (χ2n) is 8.72. The van der Waals surface area contributed by atoms with Gasteiger partial charge in [0.05, 0.1) is 16.4 Å². The van der Waals surface area contributed by atoms with Gasteiger partial charge >= 0.3 is 0 Å². The number of carbonyl (C=O) groups excluding carboxylic acids is 1. The molecule has 0 aliphatic carbocycles. The number of benzene rings is 1. The number of nitro groups is 1. The minimum atomic E-state index is -3.74. The number of nitro benzene ring substituents is 1. The van der Waals surface area contributed by atoms with E-state index in [9.17, 15) is 23.3 Å². The summed E-state index contributed by atoms with van der Waals surface area (Å²) >= 11 is 0. The molecule has 0 spiro atoms. The summed E-state index contributed by atoms with van der Waals surface area (Å²) in [6.07, 6.45) is 4.74. The highest BCUT2D eigenvalue weighted by atomic mass is 32.2. The lowest BCUT2D eigenvalue weighted by atomic mass is 10.2. The number of carbonyl (C=O) groups is 1. The van der Waals surface area contributed by atoms with Crippen LogP contribution < -0.4 is 4.90 Å². The highest BCUT2D eigenvalue weighted by molar-refractivity contribution is 7.89. The molecule has 0 radical (unpaired) electrons. The number of nitrogens with zero attached hydrogens (tertiary/aromatic N) is 5. The molecule has 3 aliphatic heterocycles. The molecule has 3 heterocycles. The van der Waals surface area contributed by atoms with Crippen LogP contribution in [0.2, 0.25) is 0 Å². The average Bonchev–Trinajstić information content (AvgIpc) is 3.35. The van der Waals surface area contributed by atoms with Crippen LogP contribution in [-0.2, 0) is 14.8 Å². The Morgan fingerprint density at radius 3 is 2.16 bits per heavy atom. The maximum Gasteiger partial charge on any atom is 0.293 e. The Labute approximate surface area is 189 Å². The molecule has 1 amide bonds. The topological polar surface area (TPSA) is 107 Å². The van der Waals surface area contributed by atoms with E-state index in [2.05, 4.69) is 4.90 Å². The summed E-state index contributed by atoms with van der Waals surface area (Å²) in [5.41, 5.74) is 0.239. The van der Waals surface area contributed by atoms with Crippen molar-refractivity contribution >= 4 is 27.3 Å². The van der Waals surface area contributed by atoms with E-state index in [0.717, 1.165) is 45.2 Å². The zero-order valence-corrected chi connectivity index (χ0v) is 19.1. The zero-order chi connectivity index (χ0) is 22.7. The maximum atomic E-state index is 13.0. The van der Waals surface area contributed by atoms with Gasteiger partial charge in [-0.1, -0.05) is 6.42 Å². The Hall–Kier alpha value is -2.24. The number of sulfonamides is 1. The van der Waals surface area contributed by atoms with Crippen LogP contribution in [0, 0.1) is 10.1 Å². The summed E-state index contributed by atoms with van der Waals surface area (Å²) in [6, 6.07) is 4.23. The molecule has 3 aliphatic rings. The number of rotatable bonds is 6. The third-order valence-electron chi connectivity index (χ3n) is 6.63. The average molecular weight is 466 g/mol. The molecule has 3 fully saturated rings. The zero-order valence-electron chi connectivity index (χ0n) is 18.3. The van der Waals surface area contributed by atoms with Crippen LogP contribution >= 0.6 is 0 Å². The first kappa shape index (κ1) is 22.9. The van der Waals surface area contributed by atoms with E-state index in [0.29, 0.717) is 51.5 Å². The molecule has 32 heavy (non-hydrogen) atoms. The quantitative estimate of drug-likeness (QED) is 0.463. The largest absolute Gasteiger partial charge is 0.363 e. The molecule has 1 aromatic carbocycles. The molecule has 3 saturated heterocycles. The second-order valence-corrected chi connectivity index (χ2v) is 10.7. The Bertz CT molecular complexity index is 949. The molecule has 11 heteroatoms. The van der Waals surface area contributed by atoms with Crippen molar-refractivity contribution in [2.45, 2.75) is 37.0 Å².